The number of rotatable bonds is 4. The number of amides is 1. The van der Waals surface area contributed by atoms with Crippen molar-refractivity contribution in [3.05, 3.63) is 48.8 Å². The van der Waals surface area contributed by atoms with Gasteiger partial charge in [-0.2, -0.15) is 12.6 Å². The average molecular weight is 246 g/mol. The summed E-state index contributed by atoms with van der Waals surface area (Å²) in [7, 11) is 0. The van der Waals surface area contributed by atoms with Crippen molar-refractivity contribution in [2.75, 3.05) is 11.1 Å². The van der Waals surface area contributed by atoms with E-state index >= 15 is 0 Å². The second kappa shape index (κ2) is 5.59. The molecule has 0 unspecified atom stereocenters. The van der Waals surface area contributed by atoms with Gasteiger partial charge in [-0.05, 0) is 36.1 Å². The highest BCUT2D eigenvalue weighted by atomic mass is 32.1. The Bertz CT molecular complexity index is 494. The fraction of sp³-hybridized carbons (Fsp3) is 0.154. The SMILES string of the molecule is O=C(CCS)Nc1cccc(-n2cccc2)c1. The highest BCUT2D eigenvalue weighted by molar-refractivity contribution is 7.80. The van der Waals surface area contributed by atoms with Gasteiger partial charge in [-0.25, -0.2) is 0 Å². The second-order valence-electron chi connectivity index (χ2n) is 3.66. The Morgan fingerprint density at radius 2 is 2.00 bits per heavy atom. The Hall–Kier alpha value is -1.68. The first-order valence-electron chi connectivity index (χ1n) is 5.44. The molecule has 0 saturated carbocycles. The minimum absolute atomic E-state index is 0.00958. The monoisotopic (exact) mass is 246 g/mol. The van der Waals surface area contributed by atoms with Crippen LogP contribution in [0.4, 0.5) is 5.69 Å². The molecule has 88 valence electrons. The van der Waals surface area contributed by atoms with Gasteiger partial charge < -0.3 is 9.88 Å². The molecule has 2 aromatic rings. The molecule has 3 nitrogen and oxygen atoms in total. The molecule has 0 aliphatic heterocycles. The number of aromatic nitrogens is 1. The molecule has 0 saturated heterocycles. The maximum atomic E-state index is 11.4. The molecule has 4 heteroatoms. The predicted octanol–water partition coefficient (Wildman–Crippen LogP) is 2.74. The fourth-order valence-corrected chi connectivity index (χ4v) is 1.78. The summed E-state index contributed by atoms with van der Waals surface area (Å²) in [6, 6.07) is 11.7. The first-order chi connectivity index (χ1) is 8.29. The van der Waals surface area contributed by atoms with Crippen LogP contribution in [0.1, 0.15) is 6.42 Å². The number of hydrogen-bond acceptors (Lipinski definition) is 2. The zero-order chi connectivity index (χ0) is 12.1. The minimum Gasteiger partial charge on any atom is -0.326 e. The molecular weight excluding hydrogens is 232 g/mol. The summed E-state index contributed by atoms with van der Waals surface area (Å²) < 4.78 is 1.99. The summed E-state index contributed by atoms with van der Waals surface area (Å²) in [6.07, 6.45) is 4.36. The molecule has 1 aromatic heterocycles. The van der Waals surface area contributed by atoms with E-state index < -0.39 is 0 Å². The zero-order valence-electron chi connectivity index (χ0n) is 9.34. The Morgan fingerprint density at radius 1 is 1.24 bits per heavy atom. The molecule has 0 bridgehead atoms. The largest absolute Gasteiger partial charge is 0.326 e. The van der Waals surface area contributed by atoms with E-state index in [0.717, 1.165) is 11.4 Å². The lowest BCUT2D eigenvalue weighted by Crippen LogP contribution is -2.11. The van der Waals surface area contributed by atoms with Crippen molar-refractivity contribution in [3.8, 4) is 5.69 Å². The predicted molar refractivity (Wildman–Crippen MR) is 72.9 cm³/mol. The molecule has 0 atom stereocenters. The lowest BCUT2D eigenvalue weighted by atomic mass is 10.2. The van der Waals surface area contributed by atoms with E-state index in [4.69, 9.17) is 0 Å². The molecule has 0 spiro atoms. The van der Waals surface area contributed by atoms with Crippen molar-refractivity contribution in [2.45, 2.75) is 6.42 Å². The maximum absolute atomic E-state index is 11.4. The van der Waals surface area contributed by atoms with Gasteiger partial charge in [0.05, 0.1) is 0 Å². The van der Waals surface area contributed by atoms with Gasteiger partial charge in [0.25, 0.3) is 0 Å². The Balaban J connectivity index is 2.15. The van der Waals surface area contributed by atoms with Crippen LogP contribution < -0.4 is 5.32 Å². The molecule has 0 aliphatic carbocycles. The number of carbonyl (C=O) groups is 1. The second-order valence-corrected chi connectivity index (χ2v) is 4.11. The van der Waals surface area contributed by atoms with Crippen LogP contribution in [0.15, 0.2) is 48.8 Å². The number of nitrogens with zero attached hydrogens (tertiary/aromatic N) is 1. The Labute approximate surface area is 106 Å². The smallest absolute Gasteiger partial charge is 0.225 e. The van der Waals surface area contributed by atoms with E-state index in [1.54, 1.807) is 0 Å². The molecule has 0 radical (unpaired) electrons. The number of hydrogen-bond donors (Lipinski definition) is 2. The first-order valence-corrected chi connectivity index (χ1v) is 6.07. The molecule has 1 heterocycles. The lowest BCUT2D eigenvalue weighted by Gasteiger charge is -2.07. The van der Waals surface area contributed by atoms with Gasteiger partial charge in [-0.1, -0.05) is 6.07 Å². The van der Waals surface area contributed by atoms with Gasteiger partial charge in [0.1, 0.15) is 0 Å². The van der Waals surface area contributed by atoms with Crippen LogP contribution in [0.25, 0.3) is 5.69 Å². The van der Waals surface area contributed by atoms with E-state index in [0.29, 0.717) is 12.2 Å². The molecular formula is C13H14N2OS. The summed E-state index contributed by atoms with van der Waals surface area (Å²) in [6.45, 7) is 0. The number of benzene rings is 1. The molecule has 1 amide bonds. The van der Waals surface area contributed by atoms with Gasteiger partial charge in [-0.3, -0.25) is 4.79 Å². The summed E-state index contributed by atoms with van der Waals surface area (Å²) in [5.74, 6) is 0.549. The molecule has 1 aromatic carbocycles. The van der Waals surface area contributed by atoms with Crippen LogP contribution in [0.2, 0.25) is 0 Å². The molecule has 0 aliphatic rings. The van der Waals surface area contributed by atoms with Gasteiger partial charge in [-0.15, -0.1) is 0 Å². The summed E-state index contributed by atoms with van der Waals surface area (Å²) in [5, 5.41) is 2.84. The third kappa shape index (κ3) is 3.14. The summed E-state index contributed by atoms with van der Waals surface area (Å²) >= 11 is 4.03. The Kier molecular flexibility index (Phi) is 3.88. The normalized spacial score (nSPS) is 10.2. The van der Waals surface area contributed by atoms with E-state index in [1.165, 1.54) is 0 Å². The molecule has 2 rings (SSSR count). The summed E-state index contributed by atoms with van der Waals surface area (Å²) in [5.41, 5.74) is 1.83. The standard InChI is InChI=1S/C13H14N2OS/c16-13(6-9-17)14-11-4-3-5-12(10-11)15-7-1-2-8-15/h1-5,7-8,10,17H,6,9H2,(H,14,16). The zero-order valence-corrected chi connectivity index (χ0v) is 10.2. The highest BCUT2D eigenvalue weighted by Crippen LogP contribution is 2.15. The van der Waals surface area contributed by atoms with Gasteiger partial charge in [0.2, 0.25) is 5.91 Å². The van der Waals surface area contributed by atoms with Gasteiger partial charge in [0.15, 0.2) is 0 Å². The van der Waals surface area contributed by atoms with Gasteiger partial charge in [0, 0.05) is 30.2 Å². The quantitative estimate of drug-likeness (QED) is 0.799. The summed E-state index contributed by atoms with van der Waals surface area (Å²) in [4.78, 5) is 11.4. The number of thiol groups is 1. The van der Waals surface area contributed by atoms with Crippen LogP contribution in [0, 0.1) is 0 Å². The van der Waals surface area contributed by atoms with E-state index in [9.17, 15) is 4.79 Å². The van der Waals surface area contributed by atoms with Crippen molar-refractivity contribution in [3.63, 3.8) is 0 Å². The third-order valence-corrected chi connectivity index (χ3v) is 2.59. The number of anilines is 1. The van der Waals surface area contributed by atoms with E-state index in [-0.39, 0.29) is 5.91 Å². The highest BCUT2D eigenvalue weighted by Gasteiger charge is 2.02. The average Bonchev–Trinajstić information content (AvgIpc) is 2.83. The fourth-order valence-electron chi connectivity index (χ4n) is 1.58. The van der Waals surface area contributed by atoms with Crippen LogP contribution in [0.3, 0.4) is 0 Å². The van der Waals surface area contributed by atoms with E-state index in [2.05, 4.69) is 17.9 Å². The van der Waals surface area contributed by atoms with Crippen LogP contribution in [0.5, 0.6) is 0 Å². The third-order valence-electron chi connectivity index (χ3n) is 2.37. The minimum atomic E-state index is -0.00958. The first kappa shape index (κ1) is 11.8. The lowest BCUT2D eigenvalue weighted by molar-refractivity contribution is -0.115. The Morgan fingerprint density at radius 3 is 2.71 bits per heavy atom. The topological polar surface area (TPSA) is 34.0 Å². The molecule has 1 N–H and O–H groups in total. The van der Waals surface area contributed by atoms with Gasteiger partial charge >= 0.3 is 0 Å². The van der Waals surface area contributed by atoms with Crippen molar-refractivity contribution in [1.82, 2.24) is 4.57 Å². The van der Waals surface area contributed by atoms with Crippen molar-refractivity contribution in [2.24, 2.45) is 0 Å². The van der Waals surface area contributed by atoms with Crippen molar-refractivity contribution in [1.29, 1.82) is 0 Å². The van der Waals surface area contributed by atoms with E-state index in [1.807, 2.05) is 53.4 Å². The van der Waals surface area contributed by atoms with Crippen LogP contribution in [-0.4, -0.2) is 16.2 Å². The van der Waals surface area contributed by atoms with Crippen molar-refractivity contribution >= 4 is 24.2 Å². The van der Waals surface area contributed by atoms with Crippen molar-refractivity contribution < 1.29 is 4.79 Å². The van der Waals surface area contributed by atoms with Crippen LogP contribution in [-0.2, 0) is 4.79 Å². The van der Waals surface area contributed by atoms with Crippen LogP contribution >= 0.6 is 12.6 Å². The number of carbonyl (C=O) groups excluding carboxylic acids is 1. The molecule has 17 heavy (non-hydrogen) atoms. The maximum Gasteiger partial charge on any atom is 0.225 e. The number of nitrogens with one attached hydrogen (secondary N) is 1. The molecule has 0 fully saturated rings.